The van der Waals surface area contributed by atoms with Gasteiger partial charge in [0.25, 0.3) is 0 Å². The molecule has 0 aliphatic heterocycles. The maximum absolute atomic E-state index is 6.01. The van der Waals surface area contributed by atoms with Crippen molar-refractivity contribution in [2.75, 3.05) is 0 Å². The summed E-state index contributed by atoms with van der Waals surface area (Å²) in [6.45, 7) is 0.785. The average molecular weight is 387 g/mol. The van der Waals surface area contributed by atoms with Crippen LogP contribution in [0.3, 0.4) is 0 Å². The van der Waals surface area contributed by atoms with Crippen molar-refractivity contribution in [1.29, 1.82) is 0 Å². The molecule has 0 aromatic heterocycles. The maximum Gasteiger partial charge on any atom is 0.131 e. The van der Waals surface area contributed by atoms with Crippen molar-refractivity contribution in [3.05, 3.63) is 56.5 Å². The van der Waals surface area contributed by atoms with Gasteiger partial charge in [-0.05, 0) is 49.2 Å². The first-order valence-electron chi connectivity index (χ1n) is 6.76. The van der Waals surface area contributed by atoms with Crippen molar-refractivity contribution in [2.24, 2.45) is 0 Å². The third-order valence-corrected chi connectivity index (χ3v) is 4.17. The molecule has 2 aromatic rings. The number of benzene rings is 2. The van der Waals surface area contributed by atoms with Crippen molar-refractivity contribution in [1.82, 2.24) is 5.32 Å². The predicted octanol–water partition coefficient (Wildman–Crippen LogP) is 5.80. The van der Waals surface area contributed by atoms with Crippen LogP contribution in [-0.2, 0) is 6.54 Å². The van der Waals surface area contributed by atoms with Crippen LogP contribution in [0.1, 0.15) is 18.4 Å². The van der Waals surface area contributed by atoms with Gasteiger partial charge in [0.15, 0.2) is 0 Å². The fourth-order valence-electron chi connectivity index (χ4n) is 2.04. The molecule has 2 aromatic carbocycles. The normalized spacial score (nSPS) is 14.2. The highest BCUT2D eigenvalue weighted by molar-refractivity contribution is 9.10. The quantitative estimate of drug-likeness (QED) is 0.700. The minimum atomic E-state index is 0.562. The smallest absolute Gasteiger partial charge is 0.131 e. The van der Waals surface area contributed by atoms with E-state index < -0.39 is 0 Å². The van der Waals surface area contributed by atoms with Crippen LogP contribution >= 0.6 is 39.1 Å². The summed E-state index contributed by atoms with van der Waals surface area (Å²) in [5.74, 6) is 1.45. The molecule has 1 fully saturated rings. The van der Waals surface area contributed by atoms with E-state index in [-0.39, 0.29) is 0 Å². The number of nitrogens with one attached hydrogen (secondary N) is 1. The Morgan fingerprint density at radius 3 is 2.48 bits per heavy atom. The molecule has 0 saturated heterocycles. The molecule has 1 aliphatic carbocycles. The van der Waals surface area contributed by atoms with E-state index in [4.69, 9.17) is 27.9 Å². The van der Waals surface area contributed by atoms with Gasteiger partial charge < -0.3 is 10.1 Å². The first-order valence-corrected chi connectivity index (χ1v) is 8.31. The Kier molecular flexibility index (Phi) is 4.75. The Balaban J connectivity index is 1.82. The molecule has 0 spiro atoms. The minimum Gasteiger partial charge on any atom is -0.457 e. The topological polar surface area (TPSA) is 21.3 Å². The van der Waals surface area contributed by atoms with Crippen LogP contribution in [0.15, 0.2) is 40.9 Å². The van der Waals surface area contributed by atoms with Crippen molar-refractivity contribution >= 4 is 39.1 Å². The second-order valence-electron chi connectivity index (χ2n) is 5.11. The zero-order valence-electron chi connectivity index (χ0n) is 11.2. The monoisotopic (exact) mass is 385 g/mol. The zero-order valence-corrected chi connectivity index (χ0v) is 14.3. The fourth-order valence-corrected chi connectivity index (χ4v) is 2.96. The molecule has 21 heavy (non-hydrogen) atoms. The van der Waals surface area contributed by atoms with E-state index >= 15 is 0 Å². The molecule has 1 saturated carbocycles. The SMILES string of the molecule is Clc1cc(Cl)cc(Oc2ccc(Br)cc2CNC2CC2)c1. The van der Waals surface area contributed by atoms with Gasteiger partial charge in [-0.2, -0.15) is 0 Å². The molecule has 0 atom stereocenters. The average Bonchev–Trinajstić information content (AvgIpc) is 3.22. The summed E-state index contributed by atoms with van der Waals surface area (Å²) in [6, 6.07) is 11.8. The highest BCUT2D eigenvalue weighted by Crippen LogP contribution is 2.32. The van der Waals surface area contributed by atoms with Crippen molar-refractivity contribution in [3.8, 4) is 11.5 Å². The Morgan fingerprint density at radius 2 is 1.81 bits per heavy atom. The molecule has 0 radical (unpaired) electrons. The third-order valence-electron chi connectivity index (χ3n) is 3.24. The standard InChI is InChI=1S/C16H14BrCl2NO/c17-11-1-4-16(10(5-11)9-20-14-2-3-14)21-15-7-12(18)6-13(19)8-15/h1,4-8,14,20H,2-3,9H2. The summed E-state index contributed by atoms with van der Waals surface area (Å²) >= 11 is 15.5. The van der Waals surface area contributed by atoms with E-state index in [1.165, 1.54) is 12.8 Å². The summed E-state index contributed by atoms with van der Waals surface area (Å²) in [5.41, 5.74) is 1.10. The van der Waals surface area contributed by atoms with E-state index in [0.717, 1.165) is 22.3 Å². The van der Waals surface area contributed by atoms with Gasteiger partial charge in [-0.15, -0.1) is 0 Å². The summed E-state index contributed by atoms with van der Waals surface area (Å²) in [4.78, 5) is 0. The van der Waals surface area contributed by atoms with Crippen LogP contribution in [0.25, 0.3) is 0 Å². The lowest BCUT2D eigenvalue weighted by Gasteiger charge is -2.13. The molecule has 0 heterocycles. The van der Waals surface area contributed by atoms with Crippen LogP contribution < -0.4 is 10.1 Å². The van der Waals surface area contributed by atoms with E-state index in [0.29, 0.717) is 21.8 Å². The molecular formula is C16H14BrCl2NO. The third kappa shape index (κ3) is 4.36. The van der Waals surface area contributed by atoms with Crippen LogP contribution in [0.4, 0.5) is 0 Å². The van der Waals surface area contributed by atoms with Gasteiger partial charge in [-0.3, -0.25) is 0 Å². The summed E-state index contributed by atoms with van der Waals surface area (Å²) in [7, 11) is 0. The van der Waals surface area contributed by atoms with Gasteiger partial charge >= 0.3 is 0 Å². The molecule has 5 heteroatoms. The highest BCUT2D eigenvalue weighted by atomic mass is 79.9. The summed E-state index contributed by atoms with van der Waals surface area (Å²) in [6.07, 6.45) is 2.52. The Bertz CT molecular complexity index is 638. The Morgan fingerprint density at radius 1 is 1.10 bits per heavy atom. The van der Waals surface area contributed by atoms with Gasteiger partial charge in [0.05, 0.1) is 0 Å². The highest BCUT2D eigenvalue weighted by Gasteiger charge is 2.20. The molecule has 1 N–H and O–H groups in total. The summed E-state index contributed by atoms with van der Waals surface area (Å²) < 4.78 is 6.98. The van der Waals surface area contributed by atoms with Gasteiger partial charge in [0.2, 0.25) is 0 Å². The van der Waals surface area contributed by atoms with E-state index in [9.17, 15) is 0 Å². The predicted molar refractivity (Wildman–Crippen MR) is 90.5 cm³/mol. The number of ether oxygens (including phenoxy) is 1. The largest absolute Gasteiger partial charge is 0.457 e. The number of hydrogen-bond donors (Lipinski definition) is 1. The lowest BCUT2D eigenvalue weighted by Crippen LogP contribution is -2.15. The zero-order chi connectivity index (χ0) is 14.8. The van der Waals surface area contributed by atoms with Crippen LogP contribution in [0, 0.1) is 0 Å². The van der Waals surface area contributed by atoms with Crippen LogP contribution in [0.2, 0.25) is 10.0 Å². The van der Waals surface area contributed by atoms with Gasteiger partial charge in [-0.1, -0.05) is 39.1 Å². The molecule has 0 bridgehead atoms. The second-order valence-corrected chi connectivity index (χ2v) is 6.90. The number of halogens is 3. The van der Waals surface area contributed by atoms with E-state index in [1.54, 1.807) is 18.2 Å². The van der Waals surface area contributed by atoms with Gasteiger partial charge in [0, 0.05) is 32.7 Å². The van der Waals surface area contributed by atoms with Crippen molar-refractivity contribution in [3.63, 3.8) is 0 Å². The molecule has 1 aliphatic rings. The van der Waals surface area contributed by atoms with Crippen molar-refractivity contribution in [2.45, 2.75) is 25.4 Å². The minimum absolute atomic E-state index is 0.562. The van der Waals surface area contributed by atoms with E-state index in [2.05, 4.69) is 27.3 Å². The molecule has 2 nitrogen and oxygen atoms in total. The molecule has 110 valence electrons. The van der Waals surface area contributed by atoms with Gasteiger partial charge in [0.1, 0.15) is 11.5 Å². The first-order chi connectivity index (χ1) is 10.1. The first kappa shape index (κ1) is 15.2. The van der Waals surface area contributed by atoms with Crippen molar-refractivity contribution < 1.29 is 4.74 Å². The van der Waals surface area contributed by atoms with Crippen LogP contribution in [-0.4, -0.2) is 6.04 Å². The lowest BCUT2D eigenvalue weighted by molar-refractivity contribution is 0.472. The summed E-state index contributed by atoms with van der Waals surface area (Å²) in [5, 5.41) is 4.62. The number of hydrogen-bond acceptors (Lipinski definition) is 2. The maximum atomic E-state index is 6.01. The molecule has 3 rings (SSSR count). The Hall–Kier alpha value is -0.740. The van der Waals surface area contributed by atoms with E-state index in [1.807, 2.05) is 12.1 Å². The van der Waals surface area contributed by atoms with Gasteiger partial charge in [-0.25, -0.2) is 0 Å². The molecular weight excluding hydrogens is 373 g/mol. The fraction of sp³-hybridized carbons (Fsp3) is 0.250. The molecule has 0 amide bonds. The second kappa shape index (κ2) is 6.57. The Labute approximate surface area is 142 Å². The molecule has 0 unspecified atom stereocenters. The van der Waals surface area contributed by atoms with Crippen LogP contribution in [0.5, 0.6) is 11.5 Å². The lowest BCUT2D eigenvalue weighted by atomic mass is 10.2. The number of rotatable bonds is 5.